The van der Waals surface area contributed by atoms with Gasteiger partial charge in [0.2, 0.25) is 0 Å². The van der Waals surface area contributed by atoms with E-state index in [1.807, 2.05) is 18.2 Å². The van der Waals surface area contributed by atoms with Crippen molar-refractivity contribution in [3.8, 4) is 5.75 Å². The number of benzene rings is 1. The van der Waals surface area contributed by atoms with Crippen molar-refractivity contribution >= 4 is 5.69 Å². The van der Waals surface area contributed by atoms with Gasteiger partial charge in [0.1, 0.15) is 12.4 Å². The first-order chi connectivity index (χ1) is 8.15. The van der Waals surface area contributed by atoms with Gasteiger partial charge in [0.25, 0.3) is 0 Å². The monoisotopic (exact) mass is 228 g/mol. The Morgan fingerprint density at radius 2 is 1.94 bits per heavy atom. The summed E-state index contributed by atoms with van der Waals surface area (Å²) >= 11 is 0. The smallest absolute Gasteiger partial charge is 0.130 e. The van der Waals surface area contributed by atoms with Gasteiger partial charge >= 0.3 is 0 Å². The second kappa shape index (κ2) is 4.87. The van der Waals surface area contributed by atoms with E-state index in [0.717, 1.165) is 11.4 Å². The van der Waals surface area contributed by atoms with Crippen LogP contribution in [-0.4, -0.2) is 4.98 Å². The Balaban J connectivity index is 2.05. The average molecular weight is 228 g/mol. The first kappa shape index (κ1) is 11.5. The Morgan fingerprint density at radius 3 is 2.65 bits per heavy atom. The summed E-state index contributed by atoms with van der Waals surface area (Å²) < 4.78 is 5.66. The van der Waals surface area contributed by atoms with Gasteiger partial charge in [-0.05, 0) is 49.2 Å². The molecule has 0 fully saturated rings. The lowest BCUT2D eigenvalue weighted by Gasteiger charge is -2.08. The van der Waals surface area contributed by atoms with E-state index >= 15 is 0 Å². The van der Waals surface area contributed by atoms with E-state index in [1.165, 1.54) is 11.1 Å². The molecule has 0 aliphatic rings. The predicted octanol–water partition coefficient (Wildman–Crippen LogP) is 2.86. The van der Waals surface area contributed by atoms with Crippen LogP contribution in [0.2, 0.25) is 0 Å². The average Bonchev–Trinajstić information content (AvgIpc) is 2.31. The number of nitrogens with zero attached hydrogens (tertiary/aromatic N) is 1. The molecule has 0 aliphatic carbocycles. The van der Waals surface area contributed by atoms with E-state index < -0.39 is 0 Å². The summed E-state index contributed by atoms with van der Waals surface area (Å²) in [5, 5.41) is 0. The van der Waals surface area contributed by atoms with Crippen LogP contribution in [0.3, 0.4) is 0 Å². The highest BCUT2D eigenvalue weighted by Gasteiger charge is 1.99. The summed E-state index contributed by atoms with van der Waals surface area (Å²) in [6.45, 7) is 4.59. The minimum atomic E-state index is 0.438. The molecule has 0 saturated heterocycles. The lowest BCUT2D eigenvalue weighted by molar-refractivity contribution is 0.301. The molecule has 88 valence electrons. The molecule has 3 heteroatoms. The second-order valence-corrected chi connectivity index (χ2v) is 4.12. The third kappa shape index (κ3) is 2.97. The molecule has 1 aromatic carbocycles. The van der Waals surface area contributed by atoms with Gasteiger partial charge in [0, 0.05) is 11.9 Å². The lowest BCUT2D eigenvalue weighted by atomic mass is 10.1. The molecule has 2 rings (SSSR count). The van der Waals surface area contributed by atoms with Crippen LogP contribution in [0.4, 0.5) is 5.69 Å². The molecule has 17 heavy (non-hydrogen) atoms. The summed E-state index contributed by atoms with van der Waals surface area (Å²) in [4.78, 5) is 4.19. The number of aryl methyl sites for hydroxylation is 2. The number of nitrogens with two attached hydrogens (primary N) is 1. The normalized spacial score (nSPS) is 10.2. The van der Waals surface area contributed by atoms with Crippen molar-refractivity contribution in [2.24, 2.45) is 0 Å². The van der Waals surface area contributed by atoms with Crippen LogP contribution in [0.25, 0.3) is 0 Å². The van der Waals surface area contributed by atoms with Crippen LogP contribution in [0.1, 0.15) is 16.8 Å². The molecule has 1 heterocycles. The zero-order chi connectivity index (χ0) is 12.3. The third-order valence-corrected chi connectivity index (χ3v) is 2.71. The number of ether oxygens (including phenoxy) is 1. The zero-order valence-corrected chi connectivity index (χ0v) is 10.1. The fourth-order valence-electron chi connectivity index (χ4n) is 1.54. The van der Waals surface area contributed by atoms with Gasteiger partial charge in [-0.25, -0.2) is 0 Å². The molecule has 0 unspecified atom stereocenters. The van der Waals surface area contributed by atoms with Crippen LogP contribution < -0.4 is 10.5 Å². The van der Waals surface area contributed by atoms with Gasteiger partial charge in [0.15, 0.2) is 0 Å². The lowest BCUT2D eigenvalue weighted by Crippen LogP contribution is -1.99. The Morgan fingerprint density at radius 1 is 1.12 bits per heavy atom. The number of rotatable bonds is 3. The highest BCUT2D eigenvalue weighted by molar-refractivity contribution is 5.37. The highest BCUT2D eigenvalue weighted by atomic mass is 16.5. The van der Waals surface area contributed by atoms with Crippen LogP contribution >= 0.6 is 0 Å². The number of anilines is 1. The molecule has 0 atom stereocenters. The maximum atomic E-state index is 5.68. The van der Waals surface area contributed by atoms with Crippen LogP contribution in [-0.2, 0) is 6.61 Å². The molecular formula is C14H16N2O. The molecule has 1 aromatic heterocycles. The summed E-state index contributed by atoms with van der Waals surface area (Å²) in [6.07, 6.45) is 1.69. The van der Waals surface area contributed by atoms with Crippen LogP contribution in [0.5, 0.6) is 5.75 Å². The van der Waals surface area contributed by atoms with Gasteiger partial charge in [-0.15, -0.1) is 0 Å². The van der Waals surface area contributed by atoms with Crippen LogP contribution in [0, 0.1) is 13.8 Å². The Bertz CT molecular complexity index is 523. The van der Waals surface area contributed by atoms with Gasteiger partial charge in [-0.1, -0.05) is 6.07 Å². The Kier molecular flexibility index (Phi) is 3.28. The highest BCUT2D eigenvalue weighted by Crippen LogP contribution is 2.17. The van der Waals surface area contributed by atoms with E-state index in [1.54, 1.807) is 12.3 Å². The first-order valence-corrected chi connectivity index (χ1v) is 5.55. The Labute approximate surface area is 101 Å². The minimum absolute atomic E-state index is 0.438. The number of nitrogen functional groups attached to an aromatic ring is 1. The van der Waals surface area contributed by atoms with Crippen molar-refractivity contribution < 1.29 is 4.74 Å². The quantitative estimate of drug-likeness (QED) is 0.878. The molecule has 2 N–H and O–H groups in total. The van der Waals surface area contributed by atoms with Gasteiger partial charge in [-0.3, -0.25) is 4.98 Å². The fourth-order valence-corrected chi connectivity index (χ4v) is 1.54. The molecule has 0 aliphatic heterocycles. The molecular weight excluding hydrogens is 212 g/mol. The van der Waals surface area contributed by atoms with E-state index in [4.69, 9.17) is 10.5 Å². The number of pyridine rings is 1. The van der Waals surface area contributed by atoms with Crippen molar-refractivity contribution in [2.75, 3.05) is 5.73 Å². The van der Waals surface area contributed by atoms with E-state index in [9.17, 15) is 0 Å². The van der Waals surface area contributed by atoms with Gasteiger partial charge in [-0.2, -0.15) is 0 Å². The minimum Gasteiger partial charge on any atom is -0.487 e. The molecule has 3 nitrogen and oxygen atoms in total. The standard InChI is InChI=1S/C14H16N2O/c1-10-3-4-14(7-11(10)2)17-9-13-8-12(15)5-6-16-13/h3-8H,9H2,1-2H3,(H2,15,16). The molecule has 0 amide bonds. The van der Waals surface area contributed by atoms with Crippen molar-refractivity contribution in [1.29, 1.82) is 0 Å². The third-order valence-electron chi connectivity index (χ3n) is 2.71. The molecule has 2 aromatic rings. The summed E-state index contributed by atoms with van der Waals surface area (Å²) in [5.41, 5.74) is 9.71. The van der Waals surface area contributed by atoms with Gasteiger partial charge in [0.05, 0.1) is 5.69 Å². The second-order valence-electron chi connectivity index (χ2n) is 4.12. The van der Waals surface area contributed by atoms with Crippen molar-refractivity contribution in [2.45, 2.75) is 20.5 Å². The van der Waals surface area contributed by atoms with Crippen molar-refractivity contribution in [3.63, 3.8) is 0 Å². The largest absolute Gasteiger partial charge is 0.487 e. The summed E-state index contributed by atoms with van der Waals surface area (Å²) in [5.74, 6) is 0.859. The maximum Gasteiger partial charge on any atom is 0.130 e. The van der Waals surface area contributed by atoms with Crippen molar-refractivity contribution in [3.05, 3.63) is 53.3 Å². The first-order valence-electron chi connectivity index (χ1n) is 5.55. The van der Waals surface area contributed by atoms with Gasteiger partial charge < -0.3 is 10.5 Å². The Hall–Kier alpha value is -2.03. The zero-order valence-electron chi connectivity index (χ0n) is 10.1. The summed E-state index contributed by atoms with van der Waals surface area (Å²) in [6, 6.07) is 9.63. The molecule has 0 spiro atoms. The number of hydrogen-bond donors (Lipinski definition) is 1. The van der Waals surface area contributed by atoms with E-state index in [0.29, 0.717) is 12.3 Å². The molecule has 0 saturated carbocycles. The topological polar surface area (TPSA) is 48.1 Å². The predicted molar refractivity (Wildman–Crippen MR) is 68.9 cm³/mol. The SMILES string of the molecule is Cc1ccc(OCc2cc(N)ccn2)cc1C. The van der Waals surface area contributed by atoms with E-state index in [2.05, 4.69) is 24.9 Å². The molecule has 0 radical (unpaired) electrons. The van der Waals surface area contributed by atoms with E-state index in [-0.39, 0.29) is 0 Å². The van der Waals surface area contributed by atoms with Crippen LogP contribution in [0.15, 0.2) is 36.5 Å². The number of hydrogen-bond acceptors (Lipinski definition) is 3. The molecule has 0 bridgehead atoms. The summed E-state index contributed by atoms with van der Waals surface area (Å²) in [7, 11) is 0. The maximum absolute atomic E-state index is 5.68. The van der Waals surface area contributed by atoms with Crippen molar-refractivity contribution in [1.82, 2.24) is 4.98 Å². The fraction of sp³-hybridized carbons (Fsp3) is 0.214. The number of aromatic nitrogens is 1.